The Labute approximate surface area is 102 Å². The number of nitrogens with one attached hydrogen (secondary N) is 2. The zero-order valence-corrected chi connectivity index (χ0v) is 9.67. The van der Waals surface area contributed by atoms with Crippen LogP contribution in [0.2, 0.25) is 0 Å². The lowest BCUT2D eigenvalue weighted by molar-refractivity contribution is -0.389. The number of carboxylic acids is 1. The van der Waals surface area contributed by atoms with Crippen molar-refractivity contribution in [3.05, 3.63) is 27.9 Å². The summed E-state index contributed by atoms with van der Waals surface area (Å²) in [6, 6.07) is 1.38. The average Bonchev–Trinajstić information content (AvgIpc) is 2.77. The molecule has 0 aliphatic rings. The number of nitro groups is 1. The predicted molar refractivity (Wildman–Crippen MR) is 61.2 cm³/mol. The Hall–Kier alpha value is -2.38. The lowest BCUT2D eigenvalue weighted by Gasteiger charge is -2.11. The van der Waals surface area contributed by atoms with Crippen molar-refractivity contribution in [1.29, 1.82) is 0 Å². The highest BCUT2D eigenvalue weighted by molar-refractivity contribution is 5.95. The standard InChI is InChI=1S/C10H13N3O5/c1-2-3-7(10(15)16)12-9(14)6-4-5-8(11-6)13(17)18/h4-5,7,11H,2-3H2,1H3,(H,12,14)(H,15,16)/t7-/m1/s1. The lowest BCUT2D eigenvalue weighted by Crippen LogP contribution is -2.40. The van der Waals surface area contributed by atoms with Crippen molar-refractivity contribution in [2.24, 2.45) is 0 Å². The fourth-order valence-electron chi connectivity index (χ4n) is 1.40. The molecule has 0 aliphatic heterocycles. The molecule has 98 valence electrons. The van der Waals surface area contributed by atoms with Crippen LogP contribution in [-0.4, -0.2) is 32.9 Å². The van der Waals surface area contributed by atoms with Crippen molar-refractivity contribution < 1.29 is 19.6 Å². The molecule has 3 N–H and O–H groups in total. The number of nitrogens with zero attached hydrogens (tertiary/aromatic N) is 1. The Bertz CT molecular complexity index is 468. The van der Waals surface area contributed by atoms with Crippen LogP contribution in [0.5, 0.6) is 0 Å². The summed E-state index contributed by atoms with van der Waals surface area (Å²) in [5.74, 6) is -2.13. The van der Waals surface area contributed by atoms with Crippen LogP contribution in [-0.2, 0) is 4.79 Å². The van der Waals surface area contributed by atoms with Gasteiger partial charge in [-0.3, -0.25) is 4.79 Å². The second-order valence-corrected chi connectivity index (χ2v) is 3.67. The van der Waals surface area contributed by atoms with E-state index in [1.165, 1.54) is 6.07 Å². The summed E-state index contributed by atoms with van der Waals surface area (Å²) >= 11 is 0. The number of rotatable bonds is 6. The summed E-state index contributed by atoms with van der Waals surface area (Å²) in [6.07, 6.45) is 0.895. The van der Waals surface area contributed by atoms with Gasteiger partial charge in [0.05, 0.1) is 0 Å². The number of carboxylic acid groups (broad SMARTS) is 1. The zero-order valence-electron chi connectivity index (χ0n) is 9.67. The van der Waals surface area contributed by atoms with Crippen LogP contribution in [0.4, 0.5) is 5.82 Å². The van der Waals surface area contributed by atoms with Crippen LogP contribution >= 0.6 is 0 Å². The first-order chi connectivity index (χ1) is 8.45. The van der Waals surface area contributed by atoms with Crippen LogP contribution in [0.25, 0.3) is 0 Å². The van der Waals surface area contributed by atoms with Gasteiger partial charge >= 0.3 is 11.8 Å². The SMILES string of the molecule is CCC[C@@H](NC(=O)c1ccc([N+](=O)[O-])[nH]1)C(=O)O. The fourth-order valence-corrected chi connectivity index (χ4v) is 1.40. The maximum atomic E-state index is 11.6. The van der Waals surface area contributed by atoms with Crippen molar-refractivity contribution in [1.82, 2.24) is 10.3 Å². The first-order valence-electron chi connectivity index (χ1n) is 5.32. The minimum Gasteiger partial charge on any atom is -0.480 e. The largest absolute Gasteiger partial charge is 0.480 e. The fraction of sp³-hybridized carbons (Fsp3) is 0.400. The van der Waals surface area contributed by atoms with Gasteiger partial charge < -0.3 is 20.5 Å². The van der Waals surface area contributed by atoms with E-state index < -0.39 is 22.8 Å². The molecule has 0 bridgehead atoms. The van der Waals surface area contributed by atoms with E-state index in [1.54, 1.807) is 6.92 Å². The Morgan fingerprint density at radius 3 is 2.67 bits per heavy atom. The van der Waals surface area contributed by atoms with Crippen molar-refractivity contribution in [3.63, 3.8) is 0 Å². The normalized spacial score (nSPS) is 11.8. The van der Waals surface area contributed by atoms with Gasteiger partial charge in [-0.25, -0.2) is 9.78 Å². The summed E-state index contributed by atoms with van der Waals surface area (Å²) in [4.78, 5) is 34.5. The minimum atomic E-state index is -1.13. The number of aromatic nitrogens is 1. The van der Waals surface area contributed by atoms with E-state index in [4.69, 9.17) is 5.11 Å². The number of hydrogen-bond donors (Lipinski definition) is 3. The molecule has 8 heteroatoms. The van der Waals surface area contributed by atoms with Gasteiger partial charge in [0.25, 0.3) is 5.91 Å². The van der Waals surface area contributed by atoms with E-state index in [0.29, 0.717) is 12.8 Å². The number of amides is 1. The number of carbonyl (C=O) groups is 2. The number of H-pyrrole nitrogens is 1. The Balaban J connectivity index is 2.74. The summed E-state index contributed by atoms with van der Waals surface area (Å²) in [7, 11) is 0. The molecule has 0 radical (unpaired) electrons. The first kappa shape index (κ1) is 13.7. The molecular formula is C10H13N3O5. The Kier molecular flexibility index (Phi) is 4.41. The number of hydrogen-bond acceptors (Lipinski definition) is 4. The van der Waals surface area contributed by atoms with E-state index in [0.717, 1.165) is 6.07 Å². The molecule has 1 aromatic rings. The highest BCUT2D eigenvalue weighted by atomic mass is 16.6. The van der Waals surface area contributed by atoms with Crippen molar-refractivity contribution in [2.75, 3.05) is 0 Å². The van der Waals surface area contributed by atoms with Crippen LogP contribution in [0.1, 0.15) is 30.3 Å². The third-order valence-corrected chi connectivity index (χ3v) is 2.29. The van der Waals surface area contributed by atoms with Crippen LogP contribution in [0.3, 0.4) is 0 Å². The highest BCUT2D eigenvalue weighted by Crippen LogP contribution is 2.10. The zero-order chi connectivity index (χ0) is 13.7. The number of carbonyl (C=O) groups excluding carboxylic acids is 1. The molecule has 18 heavy (non-hydrogen) atoms. The highest BCUT2D eigenvalue weighted by Gasteiger charge is 2.22. The number of aromatic amines is 1. The second kappa shape index (κ2) is 5.80. The molecule has 0 aliphatic carbocycles. The second-order valence-electron chi connectivity index (χ2n) is 3.67. The molecule has 1 aromatic heterocycles. The monoisotopic (exact) mass is 255 g/mol. The van der Waals surface area contributed by atoms with Gasteiger partial charge in [0.2, 0.25) is 0 Å². The molecule has 0 fully saturated rings. The predicted octanol–water partition coefficient (Wildman–Crippen LogP) is 0.906. The molecule has 1 rings (SSSR count). The van der Waals surface area contributed by atoms with Crippen LogP contribution in [0, 0.1) is 10.1 Å². The van der Waals surface area contributed by atoms with Crippen molar-refractivity contribution >= 4 is 17.7 Å². The minimum absolute atomic E-state index is 0.0379. The molecule has 0 aromatic carbocycles. The molecule has 0 unspecified atom stereocenters. The van der Waals surface area contributed by atoms with Crippen molar-refractivity contribution in [2.45, 2.75) is 25.8 Å². The molecule has 0 spiro atoms. The Morgan fingerprint density at radius 1 is 1.56 bits per heavy atom. The summed E-state index contributed by atoms with van der Waals surface area (Å²) in [5, 5.41) is 21.6. The maximum Gasteiger partial charge on any atom is 0.326 e. The van der Waals surface area contributed by atoms with Gasteiger partial charge in [-0.15, -0.1) is 0 Å². The van der Waals surface area contributed by atoms with Crippen molar-refractivity contribution in [3.8, 4) is 0 Å². The third kappa shape index (κ3) is 3.30. The average molecular weight is 255 g/mol. The molecule has 1 amide bonds. The van der Waals surface area contributed by atoms with E-state index in [9.17, 15) is 19.7 Å². The van der Waals surface area contributed by atoms with E-state index >= 15 is 0 Å². The van der Waals surface area contributed by atoms with E-state index in [2.05, 4.69) is 10.3 Å². The van der Waals surface area contributed by atoms with Gasteiger partial charge in [-0.2, -0.15) is 0 Å². The molecule has 1 atom stereocenters. The van der Waals surface area contributed by atoms with Gasteiger partial charge in [0.15, 0.2) is 5.69 Å². The molecule has 1 heterocycles. The topological polar surface area (TPSA) is 125 Å². The maximum absolute atomic E-state index is 11.6. The van der Waals surface area contributed by atoms with Crippen LogP contribution in [0.15, 0.2) is 12.1 Å². The summed E-state index contributed by atoms with van der Waals surface area (Å²) < 4.78 is 0. The lowest BCUT2D eigenvalue weighted by atomic mass is 10.1. The first-order valence-corrected chi connectivity index (χ1v) is 5.32. The summed E-state index contributed by atoms with van der Waals surface area (Å²) in [6.45, 7) is 1.79. The van der Waals surface area contributed by atoms with Gasteiger partial charge in [0.1, 0.15) is 6.04 Å². The molecule has 0 saturated heterocycles. The third-order valence-electron chi connectivity index (χ3n) is 2.29. The molecular weight excluding hydrogens is 242 g/mol. The number of aliphatic carboxylic acids is 1. The van der Waals surface area contributed by atoms with Gasteiger partial charge in [-0.1, -0.05) is 13.3 Å². The Morgan fingerprint density at radius 2 is 2.22 bits per heavy atom. The smallest absolute Gasteiger partial charge is 0.326 e. The van der Waals surface area contributed by atoms with E-state index in [1.807, 2.05) is 0 Å². The molecule has 0 saturated carbocycles. The van der Waals surface area contributed by atoms with E-state index in [-0.39, 0.29) is 11.5 Å². The molecule has 8 nitrogen and oxygen atoms in total. The quantitative estimate of drug-likeness (QED) is 0.514. The summed E-state index contributed by atoms with van der Waals surface area (Å²) in [5.41, 5.74) is -0.0379. The van der Waals surface area contributed by atoms with Gasteiger partial charge in [0, 0.05) is 6.07 Å². The van der Waals surface area contributed by atoms with Gasteiger partial charge in [-0.05, 0) is 17.4 Å². The van der Waals surface area contributed by atoms with Crippen LogP contribution < -0.4 is 5.32 Å².